The van der Waals surface area contributed by atoms with E-state index >= 15 is 0 Å². The second-order valence-corrected chi connectivity index (χ2v) is 15.4. The Balaban J connectivity index is 1.88. The van der Waals surface area contributed by atoms with E-state index in [1.54, 1.807) is 22.4 Å². The fourth-order valence-electron chi connectivity index (χ4n) is 3.06. The minimum absolute atomic E-state index is 0.137. The molecule has 1 saturated heterocycles. The summed E-state index contributed by atoms with van der Waals surface area (Å²) in [5.74, 6) is 0. The zero-order valence-electron chi connectivity index (χ0n) is 18.3. The Bertz CT molecular complexity index is 914. The maximum absolute atomic E-state index is 12.7. The summed E-state index contributed by atoms with van der Waals surface area (Å²) in [5.41, 5.74) is 1.16. The third-order valence-corrected chi connectivity index (χ3v) is 7.44. The highest BCUT2D eigenvalue weighted by Crippen LogP contribution is 2.36. The predicted octanol–water partition coefficient (Wildman–Crippen LogP) is 2.35. The summed E-state index contributed by atoms with van der Waals surface area (Å²) in [6.45, 7) is 15.9. The van der Waals surface area contributed by atoms with Crippen LogP contribution in [0.3, 0.4) is 0 Å². The van der Waals surface area contributed by atoms with Gasteiger partial charge < -0.3 is 14.0 Å². The summed E-state index contributed by atoms with van der Waals surface area (Å²) in [5, 5.41) is 0. The second-order valence-electron chi connectivity index (χ2n) is 9.82. The maximum atomic E-state index is 12.7. The SMILES string of the molecule is Cn1c(=O)n(COCC[Si](C)(C)C)c2cc(B3OC(C)(C)C(C)(C)O3)cnc21. The van der Waals surface area contributed by atoms with Gasteiger partial charge in [-0.05, 0) is 39.8 Å². The van der Waals surface area contributed by atoms with Crippen LogP contribution in [0, 0.1) is 0 Å². The van der Waals surface area contributed by atoms with E-state index in [1.807, 2.05) is 33.8 Å². The number of aryl methyl sites for hydroxylation is 1. The van der Waals surface area contributed by atoms with Crippen molar-refractivity contribution < 1.29 is 14.0 Å². The smallest absolute Gasteiger partial charge is 0.399 e. The number of fused-ring (bicyclic) bond motifs is 1. The van der Waals surface area contributed by atoms with Gasteiger partial charge in [0.25, 0.3) is 0 Å². The molecule has 3 rings (SSSR count). The molecule has 0 atom stereocenters. The van der Waals surface area contributed by atoms with Crippen LogP contribution in [0.5, 0.6) is 0 Å². The monoisotopic (exact) mass is 405 g/mol. The highest BCUT2D eigenvalue weighted by molar-refractivity contribution is 6.76. The van der Waals surface area contributed by atoms with Gasteiger partial charge >= 0.3 is 12.8 Å². The molecular formula is C19H32BN3O4Si. The van der Waals surface area contributed by atoms with Crippen LogP contribution in [-0.4, -0.2) is 47.1 Å². The van der Waals surface area contributed by atoms with Crippen molar-refractivity contribution in [1.82, 2.24) is 14.1 Å². The molecule has 1 fully saturated rings. The molecule has 2 aromatic heterocycles. The van der Waals surface area contributed by atoms with Crippen molar-refractivity contribution in [3.05, 3.63) is 22.7 Å². The Labute approximate surface area is 168 Å². The van der Waals surface area contributed by atoms with E-state index in [9.17, 15) is 4.79 Å². The van der Waals surface area contributed by atoms with Crippen LogP contribution in [0.4, 0.5) is 0 Å². The molecule has 9 heteroatoms. The molecule has 0 saturated carbocycles. The average Bonchev–Trinajstić information content (AvgIpc) is 2.93. The van der Waals surface area contributed by atoms with Crippen molar-refractivity contribution in [3.8, 4) is 0 Å². The molecule has 3 heterocycles. The minimum atomic E-state index is -1.17. The van der Waals surface area contributed by atoms with Gasteiger partial charge in [0.1, 0.15) is 6.73 Å². The number of imidazole rings is 1. The number of rotatable bonds is 6. The Morgan fingerprint density at radius 2 is 1.79 bits per heavy atom. The lowest BCUT2D eigenvalue weighted by molar-refractivity contribution is 0.00578. The fourth-order valence-corrected chi connectivity index (χ4v) is 3.82. The van der Waals surface area contributed by atoms with E-state index in [-0.39, 0.29) is 12.4 Å². The summed E-state index contributed by atoms with van der Waals surface area (Å²) in [4.78, 5) is 17.2. The normalized spacial score (nSPS) is 18.9. The van der Waals surface area contributed by atoms with Gasteiger partial charge in [-0.3, -0.25) is 9.13 Å². The molecule has 0 bridgehead atoms. The average molecular weight is 405 g/mol. The first kappa shape index (κ1) is 21.3. The third kappa shape index (κ3) is 3.98. The molecule has 2 aromatic rings. The molecule has 0 aliphatic carbocycles. The lowest BCUT2D eigenvalue weighted by Gasteiger charge is -2.32. The first-order valence-corrected chi connectivity index (χ1v) is 13.5. The van der Waals surface area contributed by atoms with Crippen LogP contribution < -0.4 is 11.2 Å². The number of hydrogen-bond donors (Lipinski definition) is 0. The third-order valence-electron chi connectivity index (χ3n) is 5.74. The summed E-state index contributed by atoms with van der Waals surface area (Å²) >= 11 is 0. The van der Waals surface area contributed by atoms with Crippen LogP contribution in [0.25, 0.3) is 11.2 Å². The van der Waals surface area contributed by atoms with Crippen LogP contribution in [-0.2, 0) is 27.8 Å². The largest absolute Gasteiger partial charge is 0.496 e. The second kappa shape index (κ2) is 7.12. The highest BCUT2D eigenvalue weighted by Gasteiger charge is 2.51. The number of pyridine rings is 1. The Kier molecular flexibility index (Phi) is 5.42. The van der Waals surface area contributed by atoms with Crippen molar-refractivity contribution >= 4 is 31.8 Å². The molecule has 7 nitrogen and oxygen atoms in total. The van der Waals surface area contributed by atoms with Crippen molar-refractivity contribution in [2.75, 3.05) is 6.61 Å². The van der Waals surface area contributed by atoms with Gasteiger partial charge in [-0.2, -0.15) is 0 Å². The van der Waals surface area contributed by atoms with Crippen LogP contribution in [0.1, 0.15) is 27.7 Å². The summed E-state index contributed by atoms with van der Waals surface area (Å²) in [6.07, 6.45) is 1.72. The molecule has 0 amide bonds. The van der Waals surface area contributed by atoms with Crippen molar-refractivity contribution in [1.29, 1.82) is 0 Å². The summed E-state index contributed by atoms with van der Waals surface area (Å²) < 4.78 is 21.3. The van der Waals surface area contributed by atoms with Gasteiger partial charge in [-0.25, -0.2) is 9.78 Å². The molecule has 1 aliphatic heterocycles. The molecule has 1 aliphatic rings. The van der Waals surface area contributed by atoms with Crippen molar-refractivity contribution in [3.63, 3.8) is 0 Å². The summed E-state index contributed by atoms with van der Waals surface area (Å²) in [7, 11) is 0.0369. The predicted molar refractivity (Wildman–Crippen MR) is 115 cm³/mol. The van der Waals surface area contributed by atoms with Crippen LogP contribution >= 0.6 is 0 Å². The van der Waals surface area contributed by atoms with E-state index in [1.165, 1.54) is 0 Å². The van der Waals surface area contributed by atoms with Crippen molar-refractivity contribution in [2.24, 2.45) is 7.05 Å². The lowest BCUT2D eigenvalue weighted by atomic mass is 9.80. The quantitative estimate of drug-likeness (QED) is 0.545. The van der Waals surface area contributed by atoms with Crippen molar-refractivity contribution in [2.45, 2.75) is 71.3 Å². The number of hydrogen-bond acceptors (Lipinski definition) is 5. The first-order chi connectivity index (χ1) is 12.8. The van der Waals surface area contributed by atoms with E-state index < -0.39 is 26.4 Å². The molecular weight excluding hydrogens is 373 g/mol. The Hall–Kier alpha value is -1.42. The first-order valence-electron chi connectivity index (χ1n) is 9.81. The topological polar surface area (TPSA) is 67.5 Å². The van der Waals surface area contributed by atoms with Crippen LogP contribution in [0.2, 0.25) is 25.7 Å². The standard InChI is InChI=1S/C19H32BN3O4Si/c1-18(2)19(3,4)27-20(26-18)14-11-15-16(21-12-14)22(5)17(24)23(15)13-25-9-10-28(6,7)8/h11-12H,9-10,13H2,1-8H3. The van der Waals surface area contributed by atoms with Gasteiger partial charge in [0, 0.05) is 33.4 Å². The van der Waals surface area contributed by atoms with Gasteiger partial charge in [-0.1, -0.05) is 19.6 Å². The molecule has 0 unspecified atom stereocenters. The van der Waals surface area contributed by atoms with E-state index in [0.29, 0.717) is 12.3 Å². The number of aromatic nitrogens is 3. The van der Waals surface area contributed by atoms with E-state index in [0.717, 1.165) is 17.0 Å². The Morgan fingerprint density at radius 3 is 2.36 bits per heavy atom. The van der Waals surface area contributed by atoms with E-state index in [2.05, 4.69) is 24.6 Å². The fraction of sp³-hybridized carbons (Fsp3) is 0.684. The molecule has 0 N–H and O–H groups in total. The molecule has 0 aromatic carbocycles. The molecule has 154 valence electrons. The highest BCUT2D eigenvalue weighted by atomic mass is 28.3. The molecule has 0 radical (unpaired) electrons. The van der Waals surface area contributed by atoms with Gasteiger partial charge in [0.05, 0.1) is 16.7 Å². The zero-order valence-corrected chi connectivity index (χ0v) is 19.3. The minimum Gasteiger partial charge on any atom is -0.399 e. The van der Waals surface area contributed by atoms with Gasteiger partial charge in [0.15, 0.2) is 5.65 Å². The molecule has 28 heavy (non-hydrogen) atoms. The zero-order chi connectivity index (χ0) is 20.9. The van der Waals surface area contributed by atoms with Gasteiger partial charge in [0.2, 0.25) is 0 Å². The number of ether oxygens (including phenoxy) is 1. The van der Waals surface area contributed by atoms with Crippen LogP contribution in [0.15, 0.2) is 17.1 Å². The Morgan fingerprint density at radius 1 is 1.18 bits per heavy atom. The lowest BCUT2D eigenvalue weighted by Crippen LogP contribution is -2.41. The summed E-state index contributed by atoms with van der Waals surface area (Å²) in [6, 6.07) is 2.98. The molecule has 0 spiro atoms. The van der Waals surface area contributed by atoms with Gasteiger partial charge in [-0.15, -0.1) is 0 Å². The number of nitrogens with zero attached hydrogens (tertiary/aromatic N) is 3. The van der Waals surface area contributed by atoms with E-state index in [4.69, 9.17) is 14.0 Å². The maximum Gasteiger partial charge on any atom is 0.496 e.